The number of hydrogen-bond acceptors (Lipinski definition) is 3. The molecule has 2 rings (SSSR count). The fourth-order valence-corrected chi connectivity index (χ4v) is 3.75. The fourth-order valence-electron chi connectivity index (χ4n) is 2.51. The number of rotatable bonds is 8. The van der Waals surface area contributed by atoms with Crippen molar-refractivity contribution in [2.45, 2.75) is 38.0 Å². The minimum Gasteiger partial charge on any atom is -0.480 e. The lowest BCUT2D eigenvalue weighted by Crippen LogP contribution is -2.32. The number of benzene rings is 2. The highest BCUT2D eigenvalue weighted by Gasteiger charge is 2.19. The molecule has 0 aliphatic carbocycles. The first-order chi connectivity index (χ1) is 11.5. The van der Waals surface area contributed by atoms with Crippen molar-refractivity contribution in [3.8, 4) is 0 Å². The van der Waals surface area contributed by atoms with E-state index < -0.39 is 12.0 Å². The first kappa shape index (κ1) is 18.6. The van der Waals surface area contributed by atoms with Crippen molar-refractivity contribution in [1.29, 1.82) is 0 Å². The van der Waals surface area contributed by atoms with Crippen molar-refractivity contribution in [2.75, 3.05) is 5.75 Å². The maximum Gasteiger partial charge on any atom is 0.321 e. The molecule has 3 nitrogen and oxygen atoms in total. The molecule has 0 fully saturated rings. The monoisotopic (exact) mass is 343 g/mol. The average Bonchev–Trinajstić information content (AvgIpc) is 2.62. The highest BCUT2D eigenvalue weighted by molar-refractivity contribution is 7.99. The zero-order chi connectivity index (χ0) is 17.5. The van der Waals surface area contributed by atoms with Crippen molar-refractivity contribution in [3.05, 3.63) is 70.8 Å². The van der Waals surface area contributed by atoms with Gasteiger partial charge in [0.15, 0.2) is 0 Å². The summed E-state index contributed by atoms with van der Waals surface area (Å²) in [6.45, 7) is 4.27. The van der Waals surface area contributed by atoms with Crippen LogP contribution in [0.3, 0.4) is 0 Å². The largest absolute Gasteiger partial charge is 0.480 e. The predicted molar refractivity (Wildman–Crippen MR) is 102 cm³/mol. The van der Waals surface area contributed by atoms with Gasteiger partial charge in [0.05, 0.1) is 5.25 Å². The van der Waals surface area contributed by atoms with E-state index in [1.165, 1.54) is 22.3 Å². The van der Waals surface area contributed by atoms with Crippen LogP contribution in [0, 0.1) is 0 Å². The Morgan fingerprint density at radius 1 is 0.958 bits per heavy atom. The molecule has 0 spiro atoms. The molecule has 0 heterocycles. The van der Waals surface area contributed by atoms with E-state index >= 15 is 0 Å². The van der Waals surface area contributed by atoms with E-state index in [2.05, 4.69) is 62.4 Å². The van der Waals surface area contributed by atoms with E-state index in [0.717, 1.165) is 12.8 Å². The molecule has 0 aliphatic rings. The Morgan fingerprint density at radius 2 is 1.38 bits per heavy atom. The van der Waals surface area contributed by atoms with Crippen LogP contribution < -0.4 is 5.73 Å². The molecule has 2 aromatic rings. The average molecular weight is 343 g/mol. The second-order valence-corrected chi connectivity index (χ2v) is 6.99. The molecule has 1 atom stereocenters. The van der Waals surface area contributed by atoms with E-state index in [0.29, 0.717) is 5.75 Å². The van der Waals surface area contributed by atoms with Crippen molar-refractivity contribution in [2.24, 2.45) is 5.73 Å². The molecule has 0 saturated heterocycles. The second kappa shape index (κ2) is 8.90. The molecule has 0 saturated carbocycles. The minimum atomic E-state index is -0.955. The van der Waals surface area contributed by atoms with E-state index in [-0.39, 0.29) is 5.25 Å². The number of aliphatic carboxylic acids is 1. The van der Waals surface area contributed by atoms with Gasteiger partial charge in [0, 0.05) is 5.75 Å². The number of aryl methyl sites for hydroxylation is 2. The Balaban J connectivity index is 2.26. The van der Waals surface area contributed by atoms with Gasteiger partial charge in [-0.05, 0) is 35.1 Å². The van der Waals surface area contributed by atoms with Gasteiger partial charge in [0.25, 0.3) is 0 Å². The third-order valence-electron chi connectivity index (χ3n) is 4.14. The quantitative estimate of drug-likeness (QED) is 0.759. The van der Waals surface area contributed by atoms with E-state index in [1.54, 1.807) is 11.8 Å². The number of carboxylic acids is 1. The Labute approximate surface area is 148 Å². The SMILES string of the molecule is CCc1ccc(C(SCC(N)C(=O)O)c2ccc(CC)cc2)cc1. The van der Waals surface area contributed by atoms with Gasteiger partial charge in [-0.25, -0.2) is 0 Å². The van der Waals surface area contributed by atoms with Crippen molar-refractivity contribution in [3.63, 3.8) is 0 Å². The third-order valence-corrected chi connectivity index (χ3v) is 5.57. The normalized spacial score (nSPS) is 12.3. The highest BCUT2D eigenvalue weighted by atomic mass is 32.2. The zero-order valence-corrected chi connectivity index (χ0v) is 15.1. The first-order valence-corrected chi connectivity index (χ1v) is 9.37. The van der Waals surface area contributed by atoms with Crippen molar-refractivity contribution < 1.29 is 9.90 Å². The summed E-state index contributed by atoms with van der Waals surface area (Å²) in [4.78, 5) is 11.0. The van der Waals surface area contributed by atoms with Gasteiger partial charge in [-0.3, -0.25) is 4.79 Å². The zero-order valence-electron chi connectivity index (χ0n) is 14.2. The molecular weight excluding hydrogens is 318 g/mol. The van der Waals surface area contributed by atoms with Crippen LogP contribution in [0.1, 0.15) is 41.4 Å². The van der Waals surface area contributed by atoms with Gasteiger partial charge < -0.3 is 10.8 Å². The van der Waals surface area contributed by atoms with Crippen LogP contribution in [-0.4, -0.2) is 22.9 Å². The highest BCUT2D eigenvalue weighted by Crippen LogP contribution is 2.36. The van der Waals surface area contributed by atoms with Crippen LogP contribution in [0.4, 0.5) is 0 Å². The predicted octanol–water partition coefficient (Wildman–Crippen LogP) is 4.05. The number of carbonyl (C=O) groups is 1. The van der Waals surface area contributed by atoms with Crippen LogP contribution in [0.25, 0.3) is 0 Å². The molecular formula is C20H25NO2S. The Bertz CT molecular complexity index is 605. The first-order valence-electron chi connectivity index (χ1n) is 8.32. The van der Waals surface area contributed by atoms with Crippen molar-refractivity contribution >= 4 is 17.7 Å². The third kappa shape index (κ3) is 4.86. The molecule has 2 aromatic carbocycles. The van der Waals surface area contributed by atoms with Gasteiger partial charge in [0.1, 0.15) is 6.04 Å². The summed E-state index contributed by atoms with van der Waals surface area (Å²) in [7, 11) is 0. The smallest absolute Gasteiger partial charge is 0.321 e. The number of thioether (sulfide) groups is 1. The molecule has 0 bridgehead atoms. The molecule has 0 amide bonds. The molecule has 0 aliphatic heterocycles. The van der Waals surface area contributed by atoms with Crippen molar-refractivity contribution in [1.82, 2.24) is 0 Å². The van der Waals surface area contributed by atoms with E-state index in [1.807, 2.05) is 0 Å². The Kier molecular flexibility index (Phi) is 6.88. The van der Waals surface area contributed by atoms with Gasteiger partial charge in [0.2, 0.25) is 0 Å². The summed E-state index contributed by atoms with van der Waals surface area (Å²) in [5.41, 5.74) is 10.6. The maximum absolute atomic E-state index is 11.0. The van der Waals surface area contributed by atoms with Gasteiger partial charge in [-0.15, -0.1) is 11.8 Å². The number of hydrogen-bond donors (Lipinski definition) is 2. The summed E-state index contributed by atoms with van der Waals surface area (Å²) in [5.74, 6) is -0.575. The Hall–Kier alpha value is -1.78. The molecule has 3 N–H and O–H groups in total. The molecule has 24 heavy (non-hydrogen) atoms. The van der Waals surface area contributed by atoms with Gasteiger partial charge in [-0.2, -0.15) is 0 Å². The van der Waals surface area contributed by atoms with Crippen LogP contribution in [0.5, 0.6) is 0 Å². The molecule has 0 aromatic heterocycles. The summed E-state index contributed by atoms with van der Waals surface area (Å²) >= 11 is 1.59. The number of nitrogens with two attached hydrogens (primary N) is 1. The van der Waals surface area contributed by atoms with E-state index in [4.69, 9.17) is 10.8 Å². The Morgan fingerprint density at radius 3 is 1.71 bits per heavy atom. The van der Waals surface area contributed by atoms with Gasteiger partial charge in [-0.1, -0.05) is 62.4 Å². The topological polar surface area (TPSA) is 63.3 Å². The lowest BCUT2D eigenvalue weighted by molar-refractivity contribution is -0.137. The lowest BCUT2D eigenvalue weighted by atomic mass is 10.0. The van der Waals surface area contributed by atoms with Crippen LogP contribution >= 0.6 is 11.8 Å². The number of carboxylic acid groups (broad SMARTS) is 1. The standard InChI is InChI=1S/C20H25NO2S/c1-3-14-5-9-16(10-6-14)19(24-13-18(21)20(22)23)17-11-7-15(4-2)8-12-17/h5-12,18-19H,3-4,13,21H2,1-2H3,(H,22,23). The molecule has 0 radical (unpaired) electrons. The lowest BCUT2D eigenvalue weighted by Gasteiger charge is -2.19. The van der Waals surface area contributed by atoms with Gasteiger partial charge >= 0.3 is 5.97 Å². The van der Waals surface area contributed by atoms with Crippen LogP contribution in [0.15, 0.2) is 48.5 Å². The summed E-state index contributed by atoms with van der Waals surface area (Å²) in [6.07, 6.45) is 2.01. The second-order valence-electron chi connectivity index (χ2n) is 5.85. The summed E-state index contributed by atoms with van der Waals surface area (Å²) < 4.78 is 0. The summed E-state index contributed by atoms with van der Waals surface area (Å²) in [6, 6.07) is 16.3. The molecule has 4 heteroatoms. The molecule has 1 unspecified atom stereocenters. The minimum absolute atomic E-state index is 0.0900. The summed E-state index contributed by atoms with van der Waals surface area (Å²) in [5, 5.41) is 9.12. The molecule has 128 valence electrons. The maximum atomic E-state index is 11.0. The van der Waals surface area contributed by atoms with Crippen LogP contribution in [-0.2, 0) is 17.6 Å². The van der Waals surface area contributed by atoms with E-state index in [9.17, 15) is 4.79 Å². The fraction of sp³-hybridized carbons (Fsp3) is 0.350. The van der Waals surface area contributed by atoms with Crippen LogP contribution in [0.2, 0.25) is 0 Å².